The number of aryl methyl sites for hydroxylation is 1. The van der Waals surface area contributed by atoms with Crippen molar-refractivity contribution < 1.29 is 4.74 Å². The van der Waals surface area contributed by atoms with Crippen molar-refractivity contribution in [2.24, 2.45) is 0 Å². The second-order valence-corrected chi connectivity index (χ2v) is 4.96. The van der Waals surface area contributed by atoms with Crippen molar-refractivity contribution >= 4 is 5.95 Å². The molecule has 0 aliphatic carbocycles. The largest absolute Gasteiger partial charge is 0.476 e. The van der Waals surface area contributed by atoms with Crippen LogP contribution < -0.4 is 10.1 Å². The fraction of sp³-hybridized carbons (Fsp3) is 0.714. The highest BCUT2D eigenvalue weighted by molar-refractivity contribution is 5.32. The van der Waals surface area contributed by atoms with Crippen molar-refractivity contribution in [3.63, 3.8) is 0 Å². The van der Waals surface area contributed by atoms with E-state index in [2.05, 4.69) is 20.2 Å². The molecular weight excluding hydrogens is 240 g/mol. The first-order valence-electron chi connectivity index (χ1n) is 7.22. The molecule has 1 saturated heterocycles. The topological polar surface area (TPSA) is 50.3 Å². The molecular formula is C14H24N4O. The van der Waals surface area contributed by atoms with Gasteiger partial charge < -0.3 is 10.1 Å². The van der Waals surface area contributed by atoms with Gasteiger partial charge >= 0.3 is 0 Å². The molecule has 5 nitrogen and oxygen atoms in total. The molecule has 0 spiro atoms. The standard InChI is InChI=1S/C14H24N4O/c1-3-15-14-16-11-12(2)13(17-14)19-10-9-18-7-5-4-6-8-18/h11H,3-10H2,1-2H3,(H,15,16,17). The zero-order chi connectivity index (χ0) is 13.5. The normalized spacial score (nSPS) is 16.3. The number of nitrogens with zero attached hydrogens (tertiary/aromatic N) is 3. The minimum atomic E-state index is 0.640. The molecule has 2 heterocycles. The maximum atomic E-state index is 5.79. The average Bonchev–Trinajstić information content (AvgIpc) is 2.44. The van der Waals surface area contributed by atoms with Crippen LogP contribution in [-0.4, -0.2) is 47.7 Å². The lowest BCUT2D eigenvalue weighted by molar-refractivity contribution is 0.180. The highest BCUT2D eigenvalue weighted by atomic mass is 16.5. The summed E-state index contributed by atoms with van der Waals surface area (Å²) in [4.78, 5) is 11.1. The zero-order valence-corrected chi connectivity index (χ0v) is 12.0. The average molecular weight is 264 g/mol. The lowest BCUT2D eigenvalue weighted by atomic mass is 10.1. The highest BCUT2D eigenvalue weighted by Gasteiger charge is 2.10. The Morgan fingerprint density at radius 2 is 2.11 bits per heavy atom. The number of rotatable bonds is 6. The monoisotopic (exact) mass is 264 g/mol. The van der Waals surface area contributed by atoms with Crippen LogP contribution in [0.3, 0.4) is 0 Å². The molecule has 1 aliphatic heterocycles. The van der Waals surface area contributed by atoms with Crippen molar-refractivity contribution in [3.05, 3.63) is 11.8 Å². The summed E-state index contributed by atoms with van der Waals surface area (Å²) in [6.45, 7) is 8.91. The van der Waals surface area contributed by atoms with E-state index in [-0.39, 0.29) is 0 Å². The summed E-state index contributed by atoms with van der Waals surface area (Å²) in [6.07, 6.45) is 5.81. The van der Waals surface area contributed by atoms with Crippen molar-refractivity contribution in [3.8, 4) is 5.88 Å². The van der Waals surface area contributed by atoms with Gasteiger partial charge in [-0.2, -0.15) is 4.98 Å². The van der Waals surface area contributed by atoms with Crippen molar-refractivity contribution in [1.82, 2.24) is 14.9 Å². The third kappa shape index (κ3) is 4.35. The lowest BCUT2D eigenvalue weighted by Gasteiger charge is -2.26. The number of likely N-dealkylation sites (tertiary alicyclic amines) is 1. The number of ether oxygens (including phenoxy) is 1. The maximum absolute atomic E-state index is 5.79. The predicted octanol–water partition coefficient (Wildman–Crippen LogP) is 2.08. The van der Waals surface area contributed by atoms with Gasteiger partial charge in [0.25, 0.3) is 0 Å². The molecule has 19 heavy (non-hydrogen) atoms. The summed E-state index contributed by atoms with van der Waals surface area (Å²) >= 11 is 0. The van der Waals surface area contributed by atoms with Crippen LogP contribution in [-0.2, 0) is 0 Å². The van der Waals surface area contributed by atoms with E-state index >= 15 is 0 Å². The number of anilines is 1. The van der Waals surface area contributed by atoms with Crippen LogP contribution in [0, 0.1) is 6.92 Å². The molecule has 0 radical (unpaired) electrons. The molecule has 0 aromatic carbocycles. The Labute approximate surface area is 115 Å². The van der Waals surface area contributed by atoms with Crippen LogP contribution in [0.5, 0.6) is 5.88 Å². The second-order valence-electron chi connectivity index (χ2n) is 4.96. The van der Waals surface area contributed by atoms with E-state index < -0.39 is 0 Å². The predicted molar refractivity (Wildman–Crippen MR) is 76.7 cm³/mol. The van der Waals surface area contributed by atoms with Crippen LogP contribution in [0.25, 0.3) is 0 Å². The van der Waals surface area contributed by atoms with E-state index in [9.17, 15) is 0 Å². The van der Waals surface area contributed by atoms with Gasteiger partial charge in [-0.25, -0.2) is 4.98 Å². The second kappa shape index (κ2) is 7.28. The number of piperidine rings is 1. The van der Waals surface area contributed by atoms with Gasteiger partial charge in [0, 0.05) is 24.8 Å². The molecule has 1 fully saturated rings. The Bertz CT molecular complexity index is 391. The quantitative estimate of drug-likeness (QED) is 0.852. The van der Waals surface area contributed by atoms with Crippen LogP contribution in [0.4, 0.5) is 5.95 Å². The summed E-state index contributed by atoms with van der Waals surface area (Å²) in [7, 11) is 0. The summed E-state index contributed by atoms with van der Waals surface area (Å²) in [5.41, 5.74) is 0.986. The maximum Gasteiger partial charge on any atom is 0.225 e. The zero-order valence-electron chi connectivity index (χ0n) is 12.0. The van der Waals surface area contributed by atoms with E-state index in [1.165, 1.54) is 32.4 Å². The van der Waals surface area contributed by atoms with Crippen molar-refractivity contribution in [2.45, 2.75) is 33.1 Å². The number of nitrogens with one attached hydrogen (secondary N) is 1. The van der Waals surface area contributed by atoms with Gasteiger partial charge in [0.1, 0.15) is 6.61 Å². The Kier molecular flexibility index (Phi) is 5.39. The SMILES string of the molecule is CCNc1ncc(C)c(OCCN2CCCCC2)n1. The minimum absolute atomic E-state index is 0.640. The van der Waals surface area contributed by atoms with Gasteiger partial charge in [-0.3, -0.25) is 4.90 Å². The molecule has 1 N–H and O–H groups in total. The van der Waals surface area contributed by atoms with Crippen molar-refractivity contribution in [1.29, 1.82) is 0 Å². The first kappa shape index (κ1) is 14.1. The smallest absolute Gasteiger partial charge is 0.225 e. The van der Waals surface area contributed by atoms with Gasteiger partial charge in [-0.1, -0.05) is 6.42 Å². The molecule has 2 rings (SSSR count). The Morgan fingerprint density at radius 1 is 1.32 bits per heavy atom. The summed E-state index contributed by atoms with van der Waals surface area (Å²) in [5.74, 6) is 1.34. The molecule has 0 bridgehead atoms. The lowest BCUT2D eigenvalue weighted by Crippen LogP contribution is -2.33. The van der Waals surface area contributed by atoms with Crippen LogP contribution in [0.2, 0.25) is 0 Å². The van der Waals surface area contributed by atoms with Crippen LogP contribution in [0.1, 0.15) is 31.7 Å². The van der Waals surface area contributed by atoms with E-state index in [0.29, 0.717) is 18.4 Å². The third-order valence-electron chi connectivity index (χ3n) is 3.36. The Balaban J connectivity index is 1.82. The van der Waals surface area contributed by atoms with E-state index in [4.69, 9.17) is 4.74 Å². The van der Waals surface area contributed by atoms with Crippen molar-refractivity contribution in [2.75, 3.05) is 38.1 Å². The molecule has 0 unspecified atom stereocenters. The fourth-order valence-corrected chi connectivity index (χ4v) is 2.27. The summed E-state index contributed by atoms with van der Waals surface area (Å²) < 4.78 is 5.79. The molecule has 1 aliphatic rings. The van der Waals surface area contributed by atoms with E-state index in [0.717, 1.165) is 18.7 Å². The third-order valence-corrected chi connectivity index (χ3v) is 3.36. The number of aromatic nitrogens is 2. The van der Waals surface area contributed by atoms with Crippen LogP contribution in [0.15, 0.2) is 6.20 Å². The van der Waals surface area contributed by atoms with Gasteiger partial charge in [0.05, 0.1) is 0 Å². The van der Waals surface area contributed by atoms with Gasteiger partial charge in [-0.15, -0.1) is 0 Å². The minimum Gasteiger partial charge on any atom is -0.476 e. The van der Waals surface area contributed by atoms with Gasteiger partial charge in [-0.05, 0) is 39.8 Å². The van der Waals surface area contributed by atoms with Gasteiger partial charge in [0.2, 0.25) is 11.8 Å². The van der Waals surface area contributed by atoms with Gasteiger partial charge in [0.15, 0.2) is 0 Å². The molecule has 0 amide bonds. The van der Waals surface area contributed by atoms with E-state index in [1.54, 1.807) is 6.20 Å². The summed E-state index contributed by atoms with van der Waals surface area (Å²) in [6, 6.07) is 0. The molecule has 0 saturated carbocycles. The Hall–Kier alpha value is -1.36. The highest BCUT2D eigenvalue weighted by Crippen LogP contribution is 2.15. The number of hydrogen-bond donors (Lipinski definition) is 1. The molecule has 5 heteroatoms. The molecule has 1 aromatic rings. The Morgan fingerprint density at radius 3 is 2.84 bits per heavy atom. The fourth-order valence-electron chi connectivity index (χ4n) is 2.27. The first-order chi connectivity index (χ1) is 9.29. The van der Waals surface area contributed by atoms with Crippen LogP contribution >= 0.6 is 0 Å². The molecule has 0 atom stereocenters. The summed E-state index contributed by atoms with van der Waals surface area (Å²) in [5, 5.41) is 3.10. The number of hydrogen-bond acceptors (Lipinski definition) is 5. The molecule has 106 valence electrons. The first-order valence-corrected chi connectivity index (χ1v) is 7.22. The van der Waals surface area contributed by atoms with E-state index in [1.807, 2.05) is 13.8 Å². The molecule has 1 aromatic heterocycles.